The van der Waals surface area contributed by atoms with E-state index >= 15 is 0 Å². The Morgan fingerprint density at radius 2 is 1.79 bits per heavy atom. The van der Waals surface area contributed by atoms with E-state index in [0.717, 1.165) is 5.75 Å². The third-order valence-electron chi connectivity index (χ3n) is 3.19. The van der Waals surface area contributed by atoms with Gasteiger partial charge >= 0.3 is 0 Å². The van der Waals surface area contributed by atoms with Crippen molar-refractivity contribution in [3.63, 3.8) is 0 Å². The Morgan fingerprint density at radius 1 is 1.05 bits per heavy atom. The molecular formula is C17H21NS. The van der Waals surface area contributed by atoms with Crippen molar-refractivity contribution in [1.29, 1.82) is 0 Å². The SMILES string of the molecule is CCSc1ccc(C(NC)c2cccc(C)c2)cc1. The van der Waals surface area contributed by atoms with Gasteiger partial charge in [0.15, 0.2) is 0 Å². The molecule has 0 aliphatic rings. The second-order valence-electron chi connectivity index (χ2n) is 4.64. The van der Waals surface area contributed by atoms with Crippen LogP contribution in [0.25, 0.3) is 0 Å². The van der Waals surface area contributed by atoms with E-state index in [1.54, 1.807) is 0 Å². The van der Waals surface area contributed by atoms with E-state index in [1.807, 2.05) is 18.8 Å². The highest BCUT2D eigenvalue weighted by atomic mass is 32.2. The lowest BCUT2D eigenvalue weighted by Gasteiger charge is -2.18. The maximum atomic E-state index is 3.41. The molecule has 1 unspecified atom stereocenters. The molecule has 2 rings (SSSR count). The molecule has 0 fully saturated rings. The van der Waals surface area contributed by atoms with Gasteiger partial charge in [-0.2, -0.15) is 0 Å². The number of thioether (sulfide) groups is 1. The molecule has 0 amide bonds. The summed E-state index contributed by atoms with van der Waals surface area (Å²) in [5, 5.41) is 3.41. The highest BCUT2D eigenvalue weighted by molar-refractivity contribution is 7.99. The lowest BCUT2D eigenvalue weighted by molar-refractivity contribution is 0.690. The van der Waals surface area contributed by atoms with Crippen molar-refractivity contribution >= 4 is 11.8 Å². The largest absolute Gasteiger partial charge is 0.309 e. The highest BCUT2D eigenvalue weighted by Gasteiger charge is 2.11. The molecule has 0 aliphatic heterocycles. The van der Waals surface area contributed by atoms with Gasteiger partial charge in [-0.3, -0.25) is 0 Å². The summed E-state index contributed by atoms with van der Waals surface area (Å²) in [4.78, 5) is 1.34. The number of aryl methyl sites for hydroxylation is 1. The predicted molar refractivity (Wildman–Crippen MR) is 84.9 cm³/mol. The summed E-state index contributed by atoms with van der Waals surface area (Å²) in [6.07, 6.45) is 0. The summed E-state index contributed by atoms with van der Waals surface area (Å²) in [5.41, 5.74) is 3.93. The molecule has 1 nitrogen and oxygen atoms in total. The predicted octanol–water partition coefficient (Wildman–Crippen LogP) is 4.42. The number of hydrogen-bond acceptors (Lipinski definition) is 2. The molecule has 19 heavy (non-hydrogen) atoms. The first-order chi connectivity index (χ1) is 9.24. The van der Waals surface area contributed by atoms with Crippen LogP contribution in [-0.4, -0.2) is 12.8 Å². The van der Waals surface area contributed by atoms with Gasteiger partial charge in [-0.25, -0.2) is 0 Å². The normalized spacial score (nSPS) is 12.4. The van der Waals surface area contributed by atoms with Crippen LogP contribution in [0.5, 0.6) is 0 Å². The standard InChI is InChI=1S/C17H21NS/c1-4-19-16-10-8-14(9-11-16)17(18-3)15-7-5-6-13(2)12-15/h5-12,17-18H,4H2,1-3H3. The van der Waals surface area contributed by atoms with Crippen LogP contribution in [-0.2, 0) is 0 Å². The zero-order valence-electron chi connectivity index (χ0n) is 11.8. The molecule has 2 heteroatoms. The molecule has 0 saturated carbocycles. The number of benzene rings is 2. The van der Waals surface area contributed by atoms with Crippen molar-refractivity contribution in [2.75, 3.05) is 12.8 Å². The Bertz CT molecular complexity index is 519. The Labute approximate surface area is 120 Å². The van der Waals surface area contributed by atoms with Gasteiger partial charge in [0.1, 0.15) is 0 Å². The Balaban J connectivity index is 2.26. The molecule has 0 radical (unpaired) electrons. The van der Waals surface area contributed by atoms with Crippen molar-refractivity contribution in [2.45, 2.75) is 24.8 Å². The van der Waals surface area contributed by atoms with Gasteiger partial charge in [0.2, 0.25) is 0 Å². The Morgan fingerprint density at radius 3 is 2.37 bits per heavy atom. The third kappa shape index (κ3) is 3.62. The summed E-state index contributed by atoms with van der Waals surface area (Å²) in [5.74, 6) is 1.12. The Hall–Kier alpha value is -1.25. The molecule has 1 N–H and O–H groups in total. The highest BCUT2D eigenvalue weighted by Crippen LogP contribution is 2.25. The quantitative estimate of drug-likeness (QED) is 0.808. The average Bonchev–Trinajstić information content (AvgIpc) is 2.42. The van der Waals surface area contributed by atoms with E-state index in [1.165, 1.54) is 21.6 Å². The zero-order valence-corrected chi connectivity index (χ0v) is 12.6. The maximum Gasteiger partial charge on any atom is 0.0574 e. The van der Waals surface area contributed by atoms with Gasteiger partial charge in [0, 0.05) is 4.90 Å². The smallest absolute Gasteiger partial charge is 0.0574 e. The van der Waals surface area contributed by atoms with Crippen molar-refractivity contribution in [2.24, 2.45) is 0 Å². The molecule has 2 aromatic carbocycles. The van der Waals surface area contributed by atoms with Crippen LogP contribution in [0.1, 0.15) is 29.7 Å². The summed E-state index contributed by atoms with van der Waals surface area (Å²) < 4.78 is 0. The van der Waals surface area contributed by atoms with Gasteiger partial charge < -0.3 is 5.32 Å². The summed E-state index contributed by atoms with van der Waals surface area (Å²) >= 11 is 1.88. The molecule has 0 bridgehead atoms. The van der Waals surface area contributed by atoms with Crippen LogP contribution in [0.15, 0.2) is 53.4 Å². The molecule has 2 aromatic rings. The lowest BCUT2D eigenvalue weighted by atomic mass is 9.98. The molecule has 0 heterocycles. The fourth-order valence-electron chi connectivity index (χ4n) is 2.30. The number of hydrogen-bond donors (Lipinski definition) is 1. The van der Waals surface area contributed by atoms with E-state index < -0.39 is 0 Å². The summed E-state index contributed by atoms with van der Waals surface area (Å²) in [7, 11) is 2.02. The minimum Gasteiger partial charge on any atom is -0.309 e. The molecule has 1 atom stereocenters. The fraction of sp³-hybridized carbons (Fsp3) is 0.294. The second kappa shape index (κ2) is 6.78. The average molecular weight is 271 g/mol. The van der Waals surface area contributed by atoms with E-state index in [9.17, 15) is 0 Å². The second-order valence-corrected chi connectivity index (χ2v) is 5.98. The first kappa shape index (κ1) is 14.2. The van der Waals surface area contributed by atoms with Crippen LogP contribution in [0, 0.1) is 6.92 Å². The molecular weight excluding hydrogens is 250 g/mol. The first-order valence-corrected chi connectivity index (χ1v) is 7.69. The van der Waals surface area contributed by atoms with Gasteiger partial charge in [-0.1, -0.05) is 48.9 Å². The molecule has 0 spiro atoms. The Kier molecular flexibility index (Phi) is 5.06. The van der Waals surface area contributed by atoms with Crippen LogP contribution >= 0.6 is 11.8 Å². The first-order valence-electron chi connectivity index (χ1n) is 6.71. The van der Waals surface area contributed by atoms with Gasteiger partial charge in [0.25, 0.3) is 0 Å². The zero-order chi connectivity index (χ0) is 13.7. The lowest BCUT2D eigenvalue weighted by Crippen LogP contribution is -2.17. The van der Waals surface area contributed by atoms with Crippen LogP contribution in [0.3, 0.4) is 0 Å². The van der Waals surface area contributed by atoms with Crippen molar-refractivity contribution in [1.82, 2.24) is 5.32 Å². The topological polar surface area (TPSA) is 12.0 Å². The fourth-order valence-corrected chi connectivity index (χ4v) is 2.96. The van der Waals surface area contributed by atoms with E-state index in [-0.39, 0.29) is 6.04 Å². The number of rotatable bonds is 5. The molecule has 100 valence electrons. The van der Waals surface area contributed by atoms with Gasteiger partial charge in [-0.05, 0) is 43.0 Å². The van der Waals surface area contributed by atoms with Crippen LogP contribution in [0.4, 0.5) is 0 Å². The van der Waals surface area contributed by atoms with Crippen molar-refractivity contribution in [3.05, 3.63) is 65.2 Å². The minimum atomic E-state index is 0.264. The van der Waals surface area contributed by atoms with Crippen molar-refractivity contribution < 1.29 is 0 Å². The van der Waals surface area contributed by atoms with Crippen LogP contribution < -0.4 is 5.32 Å². The summed E-state index contributed by atoms with van der Waals surface area (Å²) in [6, 6.07) is 17.8. The third-order valence-corrected chi connectivity index (χ3v) is 4.08. The number of nitrogens with one attached hydrogen (secondary N) is 1. The molecule has 0 aromatic heterocycles. The monoisotopic (exact) mass is 271 g/mol. The summed E-state index contributed by atoms with van der Waals surface area (Å²) in [6.45, 7) is 4.32. The van der Waals surface area contributed by atoms with Gasteiger partial charge in [-0.15, -0.1) is 11.8 Å². The van der Waals surface area contributed by atoms with E-state index in [4.69, 9.17) is 0 Å². The van der Waals surface area contributed by atoms with Crippen LogP contribution in [0.2, 0.25) is 0 Å². The van der Waals surface area contributed by atoms with Crippen molar-refractivity contribution in [3.8, 4) is 0 Å². The van der Waals surface area contributed by atoms with Gasteiger partial charge in [0.05, 0.1) is 6.04 Å². The molecule has 0 aliphatic carbocycles. The maximum absolute atomic E-state index is 3.41. The van der Waals surface area contributed by atoms with E-state index in [0.29, 0.717) is 0 Å². The molecule has 0 saturated heterocycles. The van der Waals surface area contributed by atoms with E-state index in [2.05, 4.69) is 67.7 Å². The minimum absolute atomic E-state index is 0.264.